The summed E-state index contributed by atoms with van der Waals surface area (Å²) in [7, 11) is 0. The maximum Gasteiger partial charge on any atom is 0.164 e. The van der Waals surface area contributed by atoms with Gasteiger partial charge in [0.1, 0.15) is 0 Å². The highest BCUT2D eigenvalue weighted by Crippen LogP contribution is 2.44. The molecule has 12 rings (SSSR count). The Balaban J connectivity index is 1.02. The third-order valence-electron chi connectivity index (χ3n) is 11.4. The molecular formula is C53H32N4S. The van der Waals surface area contributed by atoms with E-state index in [2.05, 4.69) is 138 Å². The second-order valence-electron chi connectivity index (χ2n) is 14.8. The summed E-state index contributed by atoms with van der Waals surface area (Å²) >= 11 is 1.89. The molecule has 0 radical (unpaired) electrons. The molecule has 0 amide bonds. The van der Waals surface area contributed by atoms with Crippen molar-refractivity contribution in [3.8, 4) is 51.0 Å². The monoisotopic (exact) mass is 756 g/mol. The third-order valence-corrected chi connectivity index (χ3v) is 12.7. The van der Waals surface area contributed by atoms with Crippen LogP contribution < -0.4 is 0 Å². The molecule has 0 bridgehead atoms. The molecule has 9 aromatic carbocycles. The molecule has 0 fully saturated rings. The van der Waals surface area contributed by atoms with Crippen LogP contribution in [0.5, 0.6) is 0 Å². The summed E-state index contributed by atoms with van der Waals surface area (Å²) in [4.78, 5) is 14.8. The van der Waals surface area contributed by atoms with Gasteiger partial charge in [-0.3, -0.25) is 0 Å². The second-order valence-corrected chi connectivity index (χ2v) is 15.9. The topological polar surface area (TPSA) is 43.6 Å². The van der Waals surface area contributed by atoms with Gasteiger partial charge in [-0.2, -0.15) is 0 Å². The Morgan fingerprint density at radius 2 is 0.879 bits per heavy atom. The fourth-order valence-corrected chi connectivity index (χ4v) is 9.84. The van der Waals surface area contributed by atoms with Gasteiger partial charge in [0.05, 0.1) is 11.0 Å². The lowest BCUT2D eigenvalue weighted by molar-refractivity contribution is 1.07. The molecule has 4 nitrogen and oxygen atoms in total. The van der Waals surface area contributed by atoms with Crippen molar-refractivity contribution in [1.29, 1.82) is 0 Å². The quantitative estimate of drug-likeness (QED) is 0.176. The molecule has 0 aliphatic rings. The summed E-state index contributed by atoms with van der Waals surface area (Å²) in [5.41, 5.74) is 8.70. The molecule has 0 atom stereocenters. The van der Waals surface area contributed by atoms with Gasteiger partial charge in [0.2, 0.25) is 0 Å². The van der Waals surface area contributed by atoms with E-state index in [0.717, 1.165) is 33.5 Å². The van der Waals surface area contributed by atoms with Crippen LogP contribution in [0.4, 0.5) is 0 Å². The Morgan fingerprint density at radius 1 is 0.345 bits per heavy atom. The van der Waals surface area contributed by atoms with Crippen LogP contribution in [0.3, 0.4) is 0 Å². The Bertz CT molecular complexity index is 3490. The molecule has 0 spiro atoms. The lowest BCUT2D eigenvalue weighted by atomic mass is 10.00. The molecule has 0 aliphatic carbocycles. The summed E-state index contributed by atoms with van der Waals surface area (Å²) in [6.45, 7) is 0. The van der Waals surface area contributed by atoms with Crippen molar-refractivity contribution in [2.75, 3.05) is 0 Å². The number of hydrogen-bond acceptors (Lipinski definition) is 4. The molecule has 0 unspecified atom stereocenters. The Morgan fingerprint density at radius 3 is 1.59 bits per heavy atom. The van der Waals surface area contributed by atoms with E-state index in [1.807, 2.05) is 72.0 Å². The highest BCUT2D eigenvalue weighted by atomic mass is 32.1. The van der Waals surface area contributed by atoms with Crippen molar-refractivity contribution in [3.63, 3.8) is 0 Å². The molecule has 3 aromatic heterocycles. The molecule has 5 heteroatoms. The number of nitrogens with zero attached hydrogens (tertiary/aromatic N) is 4. The fraction of sp³-hybridized carbons (Fsp3) is 0. The van der Waals surface area contributed by atoms with Gasteiger partial charge in [0.15, 0.2) is 17.5 Å². The molecule has 0 N–H and O–H groups in total. The number of aromatic nitrogens is 4. The molecule has 0 aliphatic heterocycles. The van der Waals surface area contributed by atoms with Crippen LogP contribution in [-0.2, 0) is 0 Å². The lowest BCUT2D eigenvalue weighted by Gasteiger charge is -2.12. The first-order valence-electron chi connectivity index (χ1n) is 19.5. The van der Waals surface area contributed by atoms with Crippen LogP contribution in [0.25, 0.3) is 115 Å². The summed E-state index contributed by atoms with van der Waals surface area (Å²) in [6, 6.07) is 69.3. The van der Waals surface area contributed by atoms with Gasteiger partial charge in [-0.15, -0.1) is 11.3 Å². The minimum Gasteiger partial charge on any atom is -0.309 e. The Hall–Kier alpha value is -7.47. The number of hydrogen-bond donors (Lipinski definition) is 0. The van der Waals surface area contributed by atoms with E-state index in [-0.39, 0.29) is 0 Å². The van der Waals surface area contributed by atoms with E-state index >= 15 is 0 Å². The van der Waals surface area contributed by atoms with Gasteiger partial charge in [0, 0.05) is 64.1 Å². The highest BCUT2D eigenvalue weighted by Gasteiger charge is 2.19. The van der Waals surface area contributed by atoms with E-state index in [1.54, 1.807) is 0 Å². The van der Waals surface area contributed by atoms with Crippen molar-refractivity contribution in [3.05, 3.63) is 194 Å². The zero-order valence-corrected chi connectivity index (χ0v) is 32.0. The van der Waals surface area contributed by atoms with Crippen LogP contribution in [0.2, 0.25) is 0 Å². The Kier molecular flexibility index (Phi) is 7.37. The number of rotatable bonds is 5. The fourth-order valence-electron chi connectivity index (χ4n) is 8.61. The summed E-state index contributed by atoms with van der Waals surface area (Å²) in [6.07, 6.45) is 0. The molecule has 12 aromatic rings. The SMILES string of the molecule is c1ccc(-c2nc(-c3ccccc3)nc(-c3ccc(-c4ccc5c(c4)c4ccc6c(ccc7c8ccccc8sc76)c4n5-c4ccc5ccccc5c4)cc3)n2)cc1. The minimum absolute atomic E-state index is 0.646. The summed E-state index contributed by atoms with van der Waals surface area (Å²) in [5.74, 6) is 1.96. The molecule has 0 saturated heterocycles. The van der Waals surface area contributed by atoms with E-state index in [4.69, 9.17) is 15.0 Å². The normalized spacial score (nSPS) is 11.8. The van der Waals surface area contributed by atoms with Crippen LogP contribution in [0.15, 0.2) is 194 Å². The van der Waals surface area contributed by atoms with Gasteiger partial charge >= 0.3 is 0 Å². The first kappa shape index (κ1) is 32.7. The number of thiophene rings is 1. The molecule has 58 heavy (non-hydrogen) atoms. The van der Waals surface area contributed by atoms with Crippen molar-refractivity contribution in [1.82, 2.24) is 19.5 Å². The van der Waals surface area contributed by atoms with Crippen LogP contribution >= 0.6 is 11.3 Å². The summed E-state index contributed by atoms with van der Waals surface area (Å²) in [5, 5.41) is 10.1. The van der Waals surface area contributed by atoms with Gasteiger partial charge < -0.3 is 4.57 Å². The van der Waals surface area contributed by atoms with Gasteiger partial charge in [-0.25, -0.2) is 15.0 Å². The van der Waals surface area contributed by atoms with Crippen LogP contribution in [0, 0.1) is 0 Å². The number of fused-ring (bicyclic) bond motifs is 10. The number of benzene rings is 9. The van der Waals surface area contributed by atoms with E-state index in [1.165, 1.54) is 63.5 Å². The van der Waals surface area contributed by atoms with E-state index in [0.29, 0.717) is 17.5 Å². The molecule has 3 heterocycles. The van der Waals surface area contributed by atoms with E-state index in [9.17, 15) is 0 Å². The molecular weight excluding hydrogens is 725 g/mol. The summed E-state index contributed by atoms with van der Waals surface area (Å²) < 4.78 is 5.13. The maximum absolute atomic E-state index is 4.96. The zero-order valence-electron chi connectivity index (χ0n) is 31.2. The lowest BCUT2D eigenvalue weighted by Crippen LogP contribution is -2.00. The van der Waals surface area contributed by atoms with Crippen molar-refractivity contribution >= 4 is 74.9 Å². The van der Waals surface area contributed by atoms with Crippen LogP contribution in [0.1, 0.15) is 0 Å². The molecule has 0 saturated carbocycles. The smallest absolute Gasteiger partial charge is 0.164 e. The average molecular weight is 757 g/mol. The maximum atomic E-state index is 4.96. The largest absolute Gasteiger partial charge is 0.309 e. The predicted octanol–water partition coefficient (Wildman–Crippen LogP) is 14.3. The van der Waals surface area contributed by atoms with Crippen molar-refractivity contribution in [2.45, 2.75) is 0 Å². The zero-order chi connectivity index (χ0) is 38.2. The minimum atomic E-state index is 0.646. The average Bonchev–Trinajstić information content (AvgIpc) is 3.85. The standard InChI is InChI=1S/C53H32N4S/c1-3-12-35(13-4-1)51-54-52(36-14-5-2-6-15-36)56-53(55-51)37-21-19-34(20-22-37)39-24-30-47-46(32-39)43-27-29-45-42(26-28-44-41-17-9-10-18-48(41)58-50(44)45)49(43)57(47)40-25-23-33-11-7-8-16-38(33)31-40/h1-32H. The first-order chi connectivity index (χ1) is 28.7. The van der Waals surface area contributed by atoms with Crippen molar-refractivity contribution in [2.24, 2.45) is 0 Å². The third kappa shape index (κ3) is 5.25. The molecule has 270 valence electrons. The predicted molar refractivity (Wildman–Crippen MR) is 244 cm³/mol. The van der Waals surface area contributed by atoms with Crippen LogP contribution in [-0.4, -0.2) is 19.5 Å². The Labute approximate surface area is 338 Å². The van der Waals surface area contributed by atoms with Crippen molar-refractivity contribution < 1.29 is 0 Å². The van der Waals surface area contributed by atoms with Gasteiger partial charge in [-0.05, 0) is 52.2 Å². The highest BCUT2D eigenvalue weighted by molar-refractivity contribution is 7.26. The first-order valence-corrected chi connectivity index (χ1v) is 20.3. The van der Waals surface area contributed by atoms with Gasteiger partial charge in [-0.1, -0.05) is 164 Å². The van der Waals surface area contributed by atoms with E-state index < -0.39 is 0 Å². The second kappa shape index (κ2) is 13.1. The van der Waals surface area contributed by atoms with Gasteiger partial charge in [0.25, 0.3) is 0 Å².